The molecule has 4 nitrogen and oxygen atoms in total. The fourth-order valence-electron chi connectivity index (χ4n) is 3.64. The van der Waals surface area contributed by atoms with E-state index in [0.29, 0.717) is 21.6 Å². The smallest absolute Gasteiger partial charge is 0.175 e. The number of rotatable bonds is 5. The van der Waals surface area contributed by atoms with E-state index in [-0.39, 0.29) is 11.6 Å². The molecule has 0 spiro atoms. The summed E-state index contributed by atoms with van der Waals surface area (Å²) in [6, 6.07) is 24.7. The van der Waals surface area contributed by atoms with E-state index in [0.717, 1.165) is 33.6 Å². The zero-order valence-corrected chi connectivity index (χ0v) is 21.3. The van der Waals surface area contributed by atoms with Crippen LogP contribution in [0.5, 0.6) is 0 Å². The average molecular weight is 519 g/mol. The highest BCUT2D eigenvalue weighted by Crippen LogP contribution is 2.28. The molecule has 4 aromatic rings. The van der Waals surface area contributed by atoms with Gasteiger partial charge in [-0.05, 0) is 109 Å². The van der Waals surface area contributed by atoms with Crippen LogP contribution in [0, 0.1) is 25.5 Å². The lowest BCUT2D eigenvalue weighted by Gasteiger charge is -2.16. The molecule has 36 heavy (non-hydrogen) atoms. The van der Waals surface area contributed by atoms with Crippen molar-refractivity contribution in [2.75, 3.05) is 21.3 Å². The molecular weight excluding hydrogens is 494 g/mol. The Morgan fingerprint density at radius 2 is 0.889 bits per heavy atom. The molecule has 0 atom stereocenters. The highest BCUT2D eigenvalue weighted by atomic mass is 32.1. The van der Waals surface area contributed by atoms with Crippen molar-refractivity contribution < 1.29 is 8.78 Å². The first-order valence-electron chi connectivity index (χ1n) is 11.2. The van der Waals surface area contributed by atoms with Gasteiger partial charge in [0.25, 0.3) is 0 Å². The molecule has 0 radical (unpaired) electrons. The Morgan fingerprint density at radius 3 is 1.25 bits per heavy atom. The van der Waals surface area contributed by atoms with Gasteiger partial charge in [-0.2, -0.15) is 0 Å². The van der Waals surface area contributed by atoms with Crippen molar-refractivity contribution in [3.8, 4) is 11.1 Å². The number of thiocarbonyl (C=S) groups is 2. The van der Waals surface area contributed by atoms with Gasteiger partial charge in [-0.25, -0.2) is 8.78 Å². The summed E-state index contributed by atoms with van der Waals surface area (Å²) in [6.07, 6.45) is 0. The number of para-hydroxylation sites is 2. The minimum Gasteiger partial charge on any atom is -0.332 e. The number of hydrogen-bond donors (Lipinski definition) is 4. The van der Waals surface area contributed by atoms with Crippen molar-refractivity contribution >= 4 is 57.4 Å². The van der Waals surface area contributed by atoms with Crippen molar-refractivity contribution in [3.63, 3.8) is 0 Å². The fourth-order valence-corrected chi connectivity index (χ4v) is 4.08. The predicted octanol–water partition coefficient (Wildman–Crippen LogP) is 7.87. The van der Waals surface area contributed by atoms with E-state index < -0.39 is 0 Å². The third-order valence-electron chi connectivity index (χ3n) is 5.53. The third kappa shape index (κ3) is 6.21. The molecule has 0 amide bonds. The minimum absolute atomic E-state index is 0.308. The summed E-state index contributed by atoms with van der Waals surface area (Å²) in [5, 5.41) is 12.6. The molecule has 0 aliphatic rings. The number of nitrogens with one attached hydrogen (secondary N) is 4. The molecular formula is C28H24F2N4S2. The summed E-state index contributed by atoms with van der Waals surface area (Å²) in [7, 11) is 0. The number of hydrogen-bond acceptors (Lipinski definition) is 2. The van der Waals surface area contributed by atoms with Crippen LogP contribution in [0.4, 0.5) is 31.5 Å². The van der Waals surface area contributed by atoms with Crippen LogP contribution in [0.1, 0.15) is 11.1 Å². The lowest BCUT2D eigenvalue weighted by atomic mass is 10.00. The van der Waals surface area contributed by atoms with Gasteiger partial charge in [0.1, 0.15) is 11.6 Å². The molecule has 4 rings (SSSR count). The third-order valence-corrected chi connectivity index (χ3v) is 5.93. The molecule has 4 aromatic carbocycles. The van der Waals surface area contributed by atoms with Crippen molar-refractivity contribution in [2.45, 2.75) is 13.8 Å². The van der Waals surface area contributed by atoms with Gasteiger partial charge in [-0.1, -0.05) is 36.4 Å². The number of halogens is 2. The molecule has 182 valence electrons. The minimum atomic E-state index is -0.370. The number of aryl methyl sites for hydroxylation is 2. The summed E-state index contributed by atoms with van der Waals surface area (Å²) in [6.45, 7) is 3.96. The Morgan fingerprint density at radius 1 is 0.528 bits per heavy atom. The Labute approximate surface area is 219 Å². The van der Waals surface area contributed by atoms with Crippen molar-refractivity contribution in [1.29, 1.82) is 0 Å². The van der Waals surface area contributed by atoms with Crippen molar-refractivity contribution in [3.05, 3.63) is 108 Å². The van der Waals surface area contributed by atoms with Gasteiger partial charge in [0, 0.05) is 11.4 Å². The Balaban J connectivity index is 1.42. The molecule has 0 aliphatic heterocycles. The Kier molecular flexibility index (Phi) is 7.87. The SMILES string of the molecule is Cc1cc(-c2ccc(NC(=S)Nc3ccccc3F)c(C)c2)ccc1NC(=S)Nc1ccccc1F. The summed E-state index contributed by atoms with van der Waals surface area (Å²) < 4.78 is 27.7. The molecule has 0 saturated heterocycles. The fraction of sp³-hybridized carbons (Fsp3) is 0.0714. The van der Waals surface area contributed by atoms with E-state index in [2.05, 4.69) is 33.4 Å². The molecule has 4 N–H and O–H groups in total. The predicted molar refractivity (Wildman–Crippen MR) is 154 cm³/mol. The van der Waals surface area contributed by atoms with E-state index in [1.165, 1.54) is 12.1 Å². The zero-order valence-electron chi connectivity index (χ0n) is 19.7. The van der Waals surface area contributed by atoms with Crippen LogP contribution in [0.2, 0.25) is 0 Å². The topological polar surface area (TPSA) is 48.1 Å². The van der Waals surface area contributed by atoms with Crippen molar-refractivity contribution in [1.82, 2.24) is 0 Å². The van der Waals surface area contributed by atoms with Crippen LogP contribution < -0.4 is 21.3 Å². The lowest BCUT2D eigenvalue weighted by Crippen LogP contribution is -2.20. The molecule has 0 fully saturated rings. The first-order chi connectivity index (χ1) is 17.3. The van der Waals surface area contributed by atoms with Gasteiger partial charge in [0.15, 0.2) is 10.2 Å². The van der Waals surface area contributed by atoms with Crippen LogP contribution in [-0.4, -0.2) is 10.2 Å². The van der Waals surface area contributed by atoms with E-state index >= 15 is 0 Å². The van der Waals surface area contributed by atoms with Crippen LogP contribution in [0.25, 0.3) is 11.1 Å². The van der Waals surface area contributed by atoms with E-state index in [1.807, 2.05) is 38.1 Å². The molecule has 8 heteroatoms. The van der Waals surface area contributed by atoms with Gasteiger partial charge in [0.2, 0.25) is 0 Å². The van der Waals surface area contributed by atoms with Gasteiger partial charge >= 0.3 is 0 Å². The van der Waals surface area contributed by atoms with Gasteiger partial charge in [-0.15, -0.1) is 0 Å². The first-order valence-corrected chi connectivity index (χ1v) is 12.0. The van der Waals surface area contributed by atoms with Gasteiger partial charge in [0.05, 0.1) is 11.4 Å². The first kappa shape index (κ1) is 25.2. The highest BCUT2D eigenvalue weighted by molar-refractivity contribution is 7.81. The monoisotopic (exact) mass is 518 g/mol. The zero-order chi connectivity index (χ0) is 25.7. The number of benzene rings is 4. The molecule has 0 aromatic heterocycles. The van der Waals surface area contributed by atoms with Crippen LogP contribution in [0.3, 0.4) is 0 Å². The highest BCUT2D eigenvalue weighted by Gasteiger charge is 2.09. The molecule has 0 saturated carbocycles. The van der Waals surface area contributed by atoms with Crippen LogP contribution >= 0.6 is 24.4 Å². The second kappa shape index (κ2) is 11.2. The second-order valence-electron chi connectivity index (χ2n) is 8.18. The summed E-state index contributed by atoms with van der Waals surface area (Å²) in [5.74, 6) is -0.739. The maximum atomic E-state index is 13.9. The maximum absolute atomic E-state index is 13.9. The molecule has 0 bridgehead atoms. The largest absolute Gasteiger partial charge is 0.332 e. The van der Waals surface area contributed by atoms with E-state index in [1.54, 1.807) is 36.4 Å². The Hall–Kier alpha value is -3.88. The number of anilines is 4. The molecule has 0 heterocycles. The summed E-state index contributed by atoms with van der Waals surface area (Å²) in [4.78, 5) is 0. The summed E-state index contributed by atoms with van der Waals surface area (Å²) in [5.41, 5.74) is 6.33. The van der Waals surface area contributed by atoms with E-state index in [9.17, 15) is 8.78 Å². The van der Waals surface area contributed by atoms with Crippen LogP contribution in [-0.2, 0) is 0 Å². The molecule has 0 aliphatic carbocycles. The van der Waals surface area contributed by atoms with Gasteiger partial charge < -0.3 is 21.3 Å². The average Bonchev–Trinajstić information content (AvgIpc) is 2.84. The van der Waals surface area contributed by atoms with Gasteiger partial charge in [-0.3, -0.25) is 0 Å². The molecule has 0 unspecified atom stereocenters. The summed E-state index contributed by atoms with van der Waals surface area (Å²) >= 11 is 10.7. The quantitative estimate of drug-likeness (QED) is 0.202. The maximum Gasteiger partial charge on any atom is 0.175 e. The standard InChI is InChI=1S/C28H24F2N4S2/c1-17-15-19(11-13-23(17)31-27(35)33-25-9-5-3-7-21(25)29)20-12-14-24(18(2)16-20)32-28(36)34-26-10-6-4-8-22(26)30/h3-16H,1-2H3,(H2,31,33,35)(H2,32,34,36). The lowest BCUT2D eigenvalue weighted by molar-refractivity contribution is 0.632. The second-order valence-corrected chi connectivity index (χ2v) is 8.99. The van der Waals surface area contributed by atoms with E-state index in [4.69, 9.17) is 24.4 Å². The van der Waals surface area contributed by atoms with Crippen molar-refractivity contribution in [2.24, 2.45) is 0 Å². The van der Waals surface area contributed by atoms with Crippen LogP contribution in [0.15, 0.2) is 84.9 Å². The Bertz CT molecular complexity index is 1330. The normalized spacial score (nSPS) is 10.4.